The third kappa shape index (κ3) is 2.64. The van der Waals surface area contributed by atoms with Crippen LogP contribution in [0, 0.1) is 5.92 Å². The molecule has 0 atom stereocenters. The van der Waals surface area contributed by atoms with Crippen LogP contribution in [0.3, 0.4) is 0 Å². The van der Waals surface area contributed by atoms with E-state index in [9.17, 15) is 9.90 Å². The van der Waals surface area contributed by atoms with Crippen molar-refractivity contribution < 1.29 is 19.5 Å². The van der Waals surface area contributed by atoms with Crippen LogP contribution in [0.4, 0.5) is 0 Å². The largest absolute Gasteiger partial charge is 0.478 e. The molecule has 1 heterocycles. The van der Waals surface area contributed by atoms with Gasteiger partial charge in [0.15, 0.2) is 0 Å². The van der Waals surface area contributed by atoms with Gasteiger partial charge in [0, 0.05) is 26.6 Å². The minimum atomic E-state index is -1.16. The van der Waals surface area contributed by atoms with E-state index in [1.165, 1.54) is 4.85 Å². The van der Waals surface area contributed by atoms with Crippen molar-refractivity contribution in [2.75, 3.05) is 13.7 Å². The van der Waals surface area contributed by atoms with Crippen LogP contribution in [0.15, 0.2) is 18.5 Å². The average molecular weight is 254 g/mol. The molecule has 1 aliphatic rings. The lowest BCUT2D eigenvalue weighted by Gasteiger charge is -2.35. The standard InChI is InChI=1S/C12H18N2O4/c1-17-9-10-3-5-12(6-4-10,11(15)16)18-14-8-2-7-13-14/h2,7-8,10H,3-6,9H2,1H3,(H,15,16). The van der Waals surface area contributed by atoms with Gasteiger partial charge >= 0.3 is 5.97 Å². The highest BCUT2D eigenvalue weighted by Crippen LogP contribution is 2.33. The predicted octanol–water partition coefficient (Wildman–Crippen LogP) is 0.972. The first kappa shape index (κ1) is 12.9. The smallest absolute Gasteiger partial charge is 0.350 e. The van der Waals surface area contributed by atoms with Gasteiger partial charge in [0.25, 0.3) is 0 Å². The Labute approximate surface area is 105 Å². The van der Waals surface area contributed by atoms with Crippen molar-refractivity contribution in [2.24, 2.45) is 5.92 Å². The molecular weight excluding hydrogens is 236 g/mol. The highest BCUT2D eigenvalue weighted by molar-refractivity contribution is 5.77. The molecule has 1 aromatic rings. The zero-order valence-electron chi connectivity index (χ0n) is 10.4. The molecule has 0 radical (unpaired) electrons. The third-order valence-corrected chi connectivity index (χ3v) is 3.45. The van der Waals surface area contributed by atoms with Crippen LogP contribution in [-0.2, 0) is 9.53 Å². The maximum absolute atomic E-state index is 11.5. The number of methoxy groups -OCH3 is 1. The van der Waals surface area contributed by atoms with E-state index in [4.69, 9.17) is 9.57 Å². The second kappa shape index (κ2) is 5.39. The Hall–Kier alpha value is -1.56. The number of hydrogen-bond donors (Lipinski definition) is 1. The van der Waals surface area contributed by atoms with Crippen molar-refractivity contribution in [1.82, 2.24) is 9.94 Å². The van der Waals surface area contributed by atoms with Gasteiger partial charge in [-0.25, -0.2) is 4.79 Å². The zero-order chi connectivity index (χ0) is 13.0. The summed E-state index contributed by atoms with van der Waals surface area (Å²) in [6, 6.07) is 1.70. The number of aromatic nitrogens is 2. The van der Waals surface area contributed by atoms with E-state index in [1.807, 2.05) is 0 Å². The van der Waals surface area contributed by atoms with Gasteiger partial charge in [-0.1, -0.05) is 0 Å². The van der Waals surface area contributed by atoms with Gasteiger partial charge in [0.2, 0.25) is 5.60 Å². The molecule has 1 aliphatic carbocycles. The molecule has 1 saturated carbocycles. The topological polar surface area (TPSA) is 73.6 Å². The predicted molar refractivity (Wildman–Crippen MR) is 63.0 cm³/mol. The number of nitrogens with zero attached hydrogens (tertiary/aromatic N) is 2. The summed E-state index contributed by atoms with van der Waals surface area (Å²) < 4.78 is 5.11. The van der Waals surface area contributed by atoms with Gasteiger partial charge in [0.1, 0.15) is 0 Å². The summed E-state index contributed by atoms with van der Waals surface area (Å²) in [5.74, 6) is -0.502. The molecule has 6 heteroatoms. The van der Waals surface area contributed by atoms with Crippen LogP contribution in [0.5, 0.6) is 0 Å². The van der Waals surface area contributed by atoms with E-state index in [-0.39, 0.29) is 0 Å². The Balaban J connectivity index is 2.03. The highest BCUT2D eigenvalue weighted by Gasteiger charge is 2.45. The number of hydrogen-bond acceptors (Lipinski definition) is 4. The molecule has 18 heavy (non-hydrogen) atoms. The van der Waals surface area contributed by atoms with Gasteiger partial charge in [-0.15, -0.1) is 9.94 Å². The molecule has 1 fully saturated rings. The third-order valence-electron chi connectivity index (χ3n) is 3.45. The minimum absolute atomic E-state index is 0.420. The Morgan fingerprint density at radius 1 is 1.56 bits per heavy atom. The lowest BCUT2D eigenvalue weighted by atomic mass is 9.79. The Bertz CT molecular complexity index is 383. The van der Waals surface area contributed by atoms with E-state index in [0.29, 0.717) is 25.4 Å². The number of ether oxygens (including phenoxy) is 1. The maximum atomic E-state index is 11.5. The van der Waals surface area contributed by atoms with Crippen molar-refractivity contribution >= 4 is 5.97 Å². The van der Waals surface area contributed by atoms with E-state index >= 15 is 0 Å². The van der Waals surface area contributed by atoms with Crippen LogP contribution < -0.4 is 4.84 Å². The molecule has 100 valence electrons. The van der Waals surface area contributed by atoms with Crippen molar-refractivity contribution in [3.63, 3.8) is 0 Å². The van der Waals surface area contributed by atoms with Crippen LogP contribution in [0.2, 0.25) is 0 Å². The Morgan fingerprint density at radius 2 is 2.28 bits per heavy atom. The van der Waals surface area contributed by atoms with Crippen LogP contribution >= 0.6 is 0 Å². The van der Waals surface area contributed by atoms with Gasteiger partial charge in [-0.3, -0.25) is 0 Å². The fourth-order valence-electron chi connectivity index (χ4n) is 2.38. The molecule has 0 bridgehead atoms. The summed E-state index contributed by atoms with van der Waals surface area (Å²) in [4.78, 5) is 18.2. The first-order chi connectivity index (χ1) is 8.66. The average Bonchev–Trinajstić information content (AvgIpc) is 2.84. The molecule has 0 aliphatic heterocycles. The van der Waals surface area contributed by atoms with E-state index in [0.717, 1.165) is 12.8 Å². The number of aliphatic carboxylic acids is 1. The van der Waals surface area contributed by atoms with Crippen molar-refractivity contribution in [3.8, 4) is 0 Å². The van der Waals surface area contributed by atoms with Gasteiger partial charge < -0.3 is 14.7 Å². The monoisotopic (exact) mass is 254 g/mol. The van der Waals surface area contributed by atoms with Crippen molar-refractivity contribution in [1.29, 1.82) is 0 Å². The molecular formula is C12H18N2O4. The normalized spacial score (nSPS) is 27.9. The lowest BCUT2D eigenvalue weighted by Crippen LogP contribution is -2.51. The minimum Gasteiger partial charge on any atom is -0.478 e. The Morgan fingerprint density at radius 3 is 2.78 bits per heavy atom. The number of carboxylic acids is 1. The van der Waals surface area contributed by atoms with E-state index in [2.05, 4.69) is 5.10 Å². The quantitative estimate of drug-likeness (QED) is 0.847. The molecule has 0 aromatic carbocycles. The van der Waals surface area contributed by atoms with Gasteiger partial charge in [-0.05, 0) is 24.8 Å². The number of carboxylic acid groups (broad SMARTS) is 1. The van der Waals surface area contributed by atoms with Crippen LogP contribution in [-0.4, -0.2) is 40.3 Å². The molecule has 0 saturated heterocycles. The second-order valence-corrected chi connectivity index (χ2v) is 4.70. The van der Waals surface area contributed by atoms with Crippen molar-refractivity contribution in [3.05, 3.63) is 18.5 Å². The van der Waals surface area contributed by atoms with E-state index < -0.39 is 11.6 Å². The lowest BCUT2D eigenvalue weighted by molar-refractivity contribution is -0.176. The first-order valence-electron chi connectivity index (χ1n) is 6.08. The van der Waals surface area contributed by atoms with Gasteiger partial charge in [0.05, 0.1) is 12.4 Å². The maximum Gasteiger partial charge on any atom is 0.350 e. The first-order valence-corrected chi connectivity index (χ1v) is 6.08. The van der Waals surface area contributed by atoms with Crippen LogP contribution in [0.25, 0.3) is 0 Å². The molecule has 0 amide bonds. The zero-order valence-corrected chi connectivity index (χ0v) is 10.4. The second-order valence-electron chi connectivity index (χ2n) is 4.70. The summed E-state index contributed by atoms with van der Waals surface area (Å²) in [5, 5.41) is 13.3. The molecule has 2 rings (SSSR count). The van der Waals surface area contributed by atoms with Gasteiger partial charge in [-0.2, -0.15) is 0 Å². The molecule has 0 spiro atoms. The molecule has 6 nitrogen and oxygen atoms in total. The molecule has 1 aromatic heterocycles. The van der Waals surface area contributed by atoms with E-state index in [1.54, 1.807) is 25.6 Å². The summed E-state index contributed by atoms with van der Waals surface area (Å²) in [6.07, 6.45) is 5.72. The summed E-state index contributed by atoms with van der Waals surface area (Å²) in [6.45, 7) is 0.678. The number of rotatable bonds is 5. The summed E-state index contributed by atoms with van der Waals surface area (Å²) >= 11 is 0. The van der Waals surface area contributed by atoms with Crippen LogP contribution in [0.1, 0.15) is 25.7 Å². The highest BCUT2D eigenvalue weighted by atomic mass is 16.7. The fourth-order valence-corrected chi connectivity index (χ4v) is 2.38. The summed E-state index contributed by atoms with van der Waals surface area (Å²) in [7, 11) is 1.67. The SMILES string of the molecule is COCC1CCC(On2cccn2)(C(=O)O)CC1. The summed E-state index contributed by atoms with van der Waals surface area (Å²) in [5.41, 5.74) is -1.16. The fraction of sp³-hybridized carbons (Fsp3) is 0.667. The number of carbonyl (C=O) groups is 1. The molecule has 1 N–H and O–H groups in total. The van der Waals surface area contributed by atoms with Crippen molar-refractivity contribution in [2.45, 2.75) is 31.3 Å². The Kier molecular flexibility index (Phi) is 3.86. The molecule has 0 unspecified atom stereocenters.